The van der Waals surface area contributed by atoms with Gasteiger partial charge in [0, 0.05) is 23.4 Å². The molecule has 2 aromatic rings. The number of anilines is 2. The minimum absolute atomic E-state index is 0.151. The van der Waals surface area contributed by atoms with Gasteiger partial charge in [-0.2, -0.15) is 0 Å². The first kappa shape index (κ1) is 21.0. The van der Waals surface area contributed by atoms with E-state index in [4.69, 9.17) is 0 Å². The zero-order valence-electron chi connectivity index (χ0n) is 19.1. The first-order valence-electron chi connectivity index (χ1n) is 11.5. The molecule has 0 radical (unpaired) electrons. The van der Waals surface area contributed by atoms with Crippen molar-refractivity contribution in [1.29, 1.82) is 0 Å². The van der Waals surface area contributed by atoms with Crippen molar-refractivity contribution in [2.24, 2.45) is 11.8 Å². The van der Waals surface area contributed by atoms with Gasteiger partial charge in [-0.25, -0.2) is 4.90 Å². The highest BCUT2D eigenvalue weighted by molar-refractivity contribution is 6.26. The molecule has 4 aliphatic rings. The summed E-state index contributed by atoms with van der Waals surface area (Å²) < 4.78 is 0. The summed E-state index contributed by atoms with van der Waals surface area (Å²) >= 11 is 0. The van der Waals surface area contributed by atoms with Gasteiger partial charge in [-0.15, -0.1) is 0 Å². The fraction of sp³-hybridized carbons (Fsp3) is 0.400. The number of nitrogens with zero attached hydrogens (tertiary/aromatic N) is 3. The molecule has 1 N–H and O–H groups in total. The number of carbonyl (C=O) groups is 3. The van der Waals surface area contributed by atoms with Crippen LogP contribution in [0.1, 0.15) is 35.1 Å². The number of nitro benzene ring substituents is 1. The molecular weight excluding hydrogens is 436 g/mol. The maximum Gasteiger partial charge on any atom is 0.274 e. The molecule has 0 bridgehead atoms. The number of carbonyl (C=O) groups excluding carboxylic acids is 3. The van der Waals surface area contributed by atoms with Crippen LogP contribution in [0.4, 0.5) is 17.1 Å². The molecule has 0 aromatic heterocycles. The third-order valence-corrected chi connectivity index (χ3v) is 8.41. The van der Waals surface area contributed by atoms with Crippen LogP contribution in [0.15, 0.2) is 30.3 Å². The molecule has 4 atom stereocenters. The fourth-order valence-electron chi connectivity index (χ4n) is 6.81. The topological polar surface area (TPSA) is 113 Å². The zero-order chi connectivity index (χ0) is 24.1. The summed E-state index contributed by atoms with van der Waals surface area (Å²) in [5.74, 6) is -2.67. The first-order valence-corrected chi connectivity index (χ1v) is 11.5. The summed E-state index contributed by atoms with van der Waals surface area (Å²) in [5.41, 5.74) is 2.53. The summed E-state index contributed by atoms with van der Waals surface area (Å²) in [7, 11) is 0. The van der Waals surface area contributed by atoms with Gasteiger partial charge in [0.2, 0.25) is 17.7 Å². The van der Waals surface area contributed by atoms with Gasteiger partial charge in [-0.05, 0) is 57.4 Å². The van der Waals surface area contributed by atoms with E-state index in [1.165, 1.54) is 12.1 Å². The second kappa shape index (κ2) is 6.73. The van der Waals surface area contributed by atoms with E-state index in [0.717, 1.165) is 40.1 Å². The lowest BCUT2D eigenvalue weighted by molar-refractivity contribution is -0.385. The Kier molecular flexibility index (Phi) is 4.15. The monoisotopic (exact) mass is 460 g/mol. The summed E-state index contributed by atoms with van der Waals surface area (Å²) in [5, 5.41) is 14.5. The van der Waals surface area contributed by atoms with Crippen molar-refractivity contribution in [3.63, 3.8) is 0 Å². The molecular formula is C25H24N4O5. The standard InChI is InChI=1S/C25H24N4O5/c1-12-9-10-15-21(13(12)2)26-24(32)25(15)20-19(18-8-5-11-27(18)25)22(30)28(23(20)31)16-6-4-7-17(14(16)3)29(33)34/h4,6-7,9-10,18-20H,5,8,11H2,1-3H3,(H,26,32)/t18-,19-,20+,25-/m1/s1. The lowest BCUT2D eigenvalue weighted by atomic mass is 9.75. The van der Waals surface area contributed by atoms with Crippen LogP contribution in [-0.4, -0.2) is 40.1 Å². The quantitative estimate of drug-likeness (QED) is 0.419. The Balaban J connectivity index is 1.56. The maximum atomic E-state index is 14.1. The molecule has 3 fully saturated rings. The SMILES string of the molecule is Cc1ccc2c(c1C)NC(=O)[C@]21[C@@H]2C(=O)N(c3cccc([N+](=O)[O-])c3C)C(=O)[C@@H]2[C@H]2CCCN21. The average Bonchev–Trinajstić information content (AvgIpc) is 3.50. The molecule has 34 heavy (non-hydrogen) atoms. The van der Waals surface area contributed by atoms with Crippen molar-refractivity contribution in [3.05, 3.63) is 62.7 Å². The molecule has 3 amide bonds. The van der Waals surface area contributed by atoms with Crippen molar-refractivity contribution < 1.29 is 19.3 Å². The van der Waals surface area contributed by atoms with Gasteiger partial charge in [-0.1, -0.05) is 18.2 Å². The molecule has 2 aromatic carbocycles. The van der Waals surface area contributed by atoms with Crippen molar-refractivity contribution >= 4 is 34.8 Å². The van der Waals surface area contributed by atoms with Crippen LogP contribution in [0.25, 0.3) is 0 Å². The minimum atomic E-state index is -1.25. The van der Waals surface area contributed by atoms with Crippen LogP contribution in [0.5, 0.6) is 0 Å². The highest BCUT2D eigenvalue weighted by atomic mass is 16.6. The molecule has 9 heteroatoms. The Morgan fingerprint density at radius 2 is 1.82 bits per heavy atom. The molecule has 0 aliphatic carbocycles. The smallest absolute Gasteiger partial charge is 0.274 e. The number of fused-ring (bicyclic) bond motifs is 7. The number of hydrogen-bond donors (Lipinski definition) is 1. The highest BCUT2D eigenvalue weighted by Gasteiger charge is 2.74. The molecule has 1 spiro atoms. The Hall–Kier alpha value is -3.59. The van der Waals surface area contributed by atoms with Crippen molar-refractivity contribution in [3.8, 4) is 0 Å². The molecule has 9 nitrogen and oxygen atoms in total. The van der Waals surface area contributed by atoms with E-state index in [-0.39, 0.29) is 34.8 Å². The second-order valence-corrected chi connectivity index (χ2v) is 9.75. The van der Waals surface area contributed by atoms with Gasteiger partial charge < -0.3 is 5.32 Å². The summed E-state index contributed by atoms with van der Waals surface area (Å²) in [4.78, 5) is 55.8. The maximum absolute atomic E-state index is 14.1. The molecule has 3 saturated heterocycles. The van der Waals surface area contributed by atoms with E-state index in [1.807, 2.05) is 26.0 Å². The molecule has 0 saturated carbocycles. The normalized spacial score (nSPS) is 29.6. The minimum Gasteiger partial charge on any atom is -0.324 e. The van der Waals surface area contributed by atoms with Crippen molar-refractivity contribution in [2.45, 2.75) is 45.2 Å². The van der Waals surface area contributed by atoms with Crippen LogP contribution >= 0.6 is 0 Å². The molecule has 4 heterocycles. The number of imide groups is 1. The van der Waals surface area contributed by atoms with Gasteiger partial charge in [0.15, 0.2) is 0 Å². The van der Waals surface area contributed by atoms with E-state index < -0.39 is 28.2 Å². The third kappa shape index (κ3) is 2.25. The van der Waals surface area contributed by atoms with E-state index in [0.29, 0.717) is 6.54 Å². The lowest BCUT2D eigenvalue weighted by Gasteiger charge is -2.36. The predicted molar refractivity (Wildman–Crippen MR) is 123 cm³/mol. The molecule has 174 valence electrons. The predicted octanol–water partition coefficient (Wildman–Crippen LogP) is 2.95. The number of rotatable bonds is 2. The van der Waals surface area contributed by atoms with Crippen LogP contribution in [0.2, 0.25) is 0 Å². The van der Waals surface area contributed by atoms with Crippen molar-refractivity contribution in [2.75, 3.05) is 16.8 Å². The summed E-state index contributed by atoms with van der Waals surface area (Å²) in [6, 6.07) is 8.04. The molecule has 6 rings (SSSR count). The van der Waals surface area contributed by atoms with Gasteiger partial charge in [0.05, 0.1) is 28.0 Å². The largest absolute Gasteiger partial charge is 0.324 e. The number of hydrogen-bond acceptors (Lipinski definition) is 6. The van der Waals surface area contributed by atoms with Crippen LogP contribution in [0.3, 0.4) is 0 Å². The van der Waals surface area contributed by atoms with Gasteiger partial charge in [0.25, 0.3) is 5.69 Å². The Morgan fingerprint density at radius 3 is 2.56 bits per heavy atom. The van der Waals surface area contributed by atoms with Crippen LogP contribution < -0.4 is 10.2 Å². The van der Waals surface area contributed by atoms with E-state index in [2.05, 4.69) is 10.2 Å². The van der Waals surface area contributed by atoms with E-state index in [1.54, 1.807) is 13.0 Å². The summed E-state index contributed by atoms with van der Waals surface area (Å²) in [6.07, 6.45) is 1.55. The number of aryl methyl sites for hydroxylation is 1. The van der Waals surface area contributed by atoms with Crippen LogP contribution in [-0.2, 0) is 19.9 Å². The Morgan fingerprint density at radius 1 is 1.06 bits per heavy atom. The van der Waals surface area contributed by atoms with Gasteiger partial charge in [0.1, 0.15) is 5.54 Å². The highest BCUT2D eigenvalue weighted by Crippen LogP contribution is 2.61. The first-order chi connectivity index (χ1) is 16.2. The number of nitrogens with one attached hydrogen (secondary N) is 1. The molecule has 4 aliphatic heterocycles. The third-order valence-electron chi connectivity index (χ3n) is 8.41. The fourth-order valence-corrected chi connectivity index (χ4v) is 6.81. The Bertz CT molecular complexity index is 1340. The van der Waals surface area contributed by atoms with E-state index >= 15 is 0 Å². The second-order valence-electron chi connectivity index (χ2n) is 9.75. The lowest BCUT2D eigenvalue weighted by Crippen LogP contribution is -2.54. The van der Waals surface area contributed by atoms with Gasteiger partial charge in [-0.3, -0.25) is 29.4 Å². The zero-order valence-corrected chi connectivity index (χ0v) is 19.1. The Labute approximate surface area is 195 Å². The van der Waals surface area contributed by atoms with Gasteiger partial charge >= 0.3 is 0 Å². The number of amides is 3. The number of nitro groups is 1. The van der Waals surface area contributed by atoms with Crippen LogP contribution in [0, 0.1) is 42.7 Å². The van der Waals surface area contributed by atoms with E-state index in [9.17, 15) is 24.5 Å². The average molecular weight is 460 g/mol. The molecule has 0 unspecified atom stereocenters. The number of benzene rings is 2. The van der Waals surface area contributed by atoms with Crippen molar-refractivity contribution in [1.82, 2.24) is 4.90 Å². The summed E-state index contributed by atoms with van der Waals surface area (Å²) in [6.45, 7) is 6.10.